The number of nitrogens with two attached hydrogens (primary N) is 1. The molecule has 168 valence electrons. The first-order chi connectivity index (χ1) is 16.0. The largest absolute Gasteiger partial charge is 0.493 e. The highest BCUT2D eigenvalue weighted by Gasteiger charge is 2.25. The summed E-state index contributed by atoms with van der Waals surface area (Å²) in [5.41, 5.74) is 11.4. The fourth-order valence-electron chi connectivity index (χ4n) is 4.14. The van der Waals surface area contributed by atoms with Crippen LogP contribution in [0.5, 0.6) is 5.75 Å². The molecule has 0 saturated carbocycles. The third kappa shape index (κ3) is 4.39. The molecular weight excluding hydrogens is 414 g/mol. The molecule has 0 radical (unpaired) electrons. The molecule has 7 heteroatoms. The predicted molar refractivity (Wildman–Crippen MR) is 129 cm³/mol. The van der Waals surface area contributed by atoms with Gasteiger partial charge >= 0.3 is 0 Å². The van der Waals surface area contributed by atoms with Crippen molar-refractivity contribution in [3.05, 3.63) is 71.7 Å². The van der Waals surface area contributed by atoms with Crippen molar-refractivity contribution in [2.24, 2.45) is 5.92 Å². The van der Waals surface area contributed by atoms with Gasteiger partial charge in [-0.3, -0.25) is 4.79 Å². The minimum atomic E-state index is -0.0540. The number of carbonyl (C=O) groups excluding carboxylic acids is 1. The molecule has 1 aliphatic heterocycles. The third-order valence-corrected chi connectivity index (χ3v) is 5.90. The van der Waals surface area contributed by atoms with Crippen LogP contribution < -0.4 is 15.8 Å². The van der Waals surface area contributed by atoms with Gasteiger partial charge in [0.15, 0.2) is 0 Å². The number of benzene rings is 2. The van der Waals surface area contributed by atoms with Crippen LogP contribution in [-0.2, 0) is 6.42 Å². The van der Waals surface area contributed by atoms with Gasteiger partial charge in [0.05, 0.1) is 23.6 Å². The summed E-state index contributed by atoms with van der Waals surface area (Å²) in [6.07, 6.45) is 2.47. The van der Waals surface area contributed by atoms with E-state index >= 15 is 0 Å². The van der Waals surface area contributed by atoms with Crippen LogP contribution >= 0.6 is 0 Å². The summed E-state index contributed by atoms with van der Waals surface area (Å²) >= 11 is 0. The highest BCUT2D eigenvalue weighted by molar-refractivity contribution is 5.94. The van der Waals surface area contributed by atoms with Gasteiger partial charge in [-0.15, -0.1) is 0 Å². The highest BCUT2D eigenvalue weighted by Crippen LogP contribution is 2.33. The smallest absolute Gasteiger partial charge is 0.251 e. The molecule has 33 heavy (non-hydrogen) atoms. The molecule has 4 N–H and O–H groups in total. The van der Waals surface area contributed by atoms with Gasteiger partial charge in [0.2, 0.25) is 0 Å². The molecular formula is C26H27N5O2. The van der Waals surface area contributed by atoms with Crippen LogP contribution in [0.2, 0.25) is 0 Å². The second-order valence-electron chi connectivity index (χ2n) is 8.96. The van der Waals surface area contributed by atoms with Crippen LogP contribution in [0.4, 0.5) is 5.82 Å². The van der Waals surface area contributed by atoms with Crippen LogP contribution in [0.1, 0.15) is 41.5 Å². The van der Waals surface area contributed by atoms with Gasteiger partial charge in [0, 0.05) is 18.3 Å². The molecule has 2 aromatic heterocycles. The number of H-pyrrole nitrogens is 1. The SMILES string of the molecule is CC(C)CNC(=O)c1ccc2c(c1)CC(c1nc3cc(-c4ccnc(N)c4)ccc3[nH]1)CO2. The molecule has 1 unspecified atom stereocenters. The monoisotopic (exact) mass is 441 g/mol. The first-order valence-electron chi connectivity index (χ1n) is 11.2. The van der Waals surface area contributed by atoms with E-state index in [0.717, 1.165) is 45.7 Å². The van der Waals surface area contributed by atoms with Gasteiger partial charge in [-0.2, -0.15) is 0 Å². The van der Waals surface area contributed by atoms with Crippen molar-refractivity contribution >= 4 is 22.8 Å². The number of hydrogen-bond donors (Lipinski definition) is 3. The van der Waals surface area contributed by atoms with Gasteiger partial charge in [-0.05, 0) is 71.5 Å². The Hall–Kier alpha value is -3.87. The summed E-state index contributed by atoms with van der Waals surface area (Å²) in [6.45, 7) is 5.35. The van der Waals surface area contributed by atoms with Crippen molar-refractivity contribution in [3.8, 4) is 16.9 Å². The Bertz CT molecular complexity index is 1330. The molecule has 7 nitrogen and oxygen atoms in total. The molecule has 5 rings (SSSR count). The van der Waals surface area contributed by atoms with Crippen LogP contribution in [0, 0.1) is 5.92 Å². The summed E-state index contributed by atoms with van der Waals surface area (Å²) in [7, 11) is 0. The lowest BCUT2D eigenvalue weighted by Gasteiger charge is -2.24. The van der Waals surface area contributed by atoms with Crippen molar-refractivity contribution in [2.75, 3.05) is 18.9 Å². The van der Waals surface area contributed by atoms with Crippen LogP contribution in [0.25, 0.3) is 22.2 Å². The summed E-state index contributed by atoms with van der Waals surface area (Å²) in [5, 5.41) is 2.98. The van der Waals surface area contributed by atoms with E-state index in [-0.39, 0.29) is 11.8 Å². The Morgan fingerprint density at radius 2 is 2.03 bits per heavy atom. The van der Waals surface area contributed by atoms with E-state index in [1.165, 1.54) is 0 Å². The molecule has 0 saturated heterocycles. The standard InChI is InChI=1S/C26H27N5O2/c1-15(2)13-29-26(32)18-4-6-23-19(9-18)10-20(14-33-23)25-30-21-5-3-16(11-22(21)31-25)17-7-8-28-24(27)12-17/h3-9,11-12,15,20H,10,13-14H2,1-2H3,(H2,27,28)(H,29,32)(H,30,31). The number of rotatable bonds is 5. The Labute approximate surface area is 192 Å². The molecule has 3 heterocycles. The maximum Gasteiger partial charge on any atom is 0.251 e. The quantitative estimate of drug-likeness (QED) is 0.428. The number of nitrogens with one attached hydrogen (secondary N) is 2. The number of nitrogen functional groups attached to an aromatic ring is 1. The number of pyridine rings is 1. The number of amides is 1. The van der Waals surface area contributed by atoms with Crippen molar-refractivity contribution in [3.63, 3.8) is 0 Å². The molecule has 0 aliphatic carbocycles. The summed E-state index contributed by atoms with van der Waals surface area (Å²) in [6, 6.07) is 15.6. The number of nitrogens with zero attached hydrogens (tertiary/aromatic N) is 2. The number of fused-ring (bicyclic) bond motifs is 2. The maximum atomic E-state index is 12.5. The van der Waals surface area contributed by atoms with Crippen molar-refractivity contribution < 1.29 is 9.53 Å². The van der Waals surface area contributed by atoms with Gasteiger partial charge in [-0.25, -0.2) is 9.97 Å². The van der Waals surface area contributed by atoms with Gasteiger partial charge in [0.1, 0.15) is 17.4 Å². The lowest BCUT2D eigenvalue weighted by Crippen LogP contribution is -2.28. The van der Waals surface area contributed by atoms with E-state index in [1.807, 2.05) is 42.5 Å². The number of ether oxygens (including phenoxy) is 1. The molecule has 1 aliphatic rings. The highest BCUT2D eigenvalue weighted by atomic mass is 16.5. The summed E-state index contributed by atoms with van der Waals surface area (Å²) in [4.78, 5) is 24.9. The minimum absolute atomic E-state index is 0.0540. The number of anilines is 1. The van der Waals surface area contributed by atoms with Crippen molar-refractivity contribution in [1.29, 1.82) is 0 Å². The fraction of sp³-hybridized carbons (Fsp3) is 0.269. The number of hydrogen-bond acceptors (Lipinski definition) is 5. The van der Waals surface area contributed by atoms with Crippen molar-refractivity contribution in [1.82, 2.24) is 20.3 Å². The molecule has 0 bridgehead atoms. The Morgan fingerprint density at radius 3 is 2.85 bits per heavy atom. The number of aromatic nitrogens is 3. The minimum Gasteiger partial charge on any atom is -0.493 e. The predicted octanol–water partition coefficient (Wildman–Crippen LogP) is 4.31. The van der Waals surface area contributed by atoms with Crippen LogP contribution in [0.3, 0.4) is 0 Å². The lowest BCUT2D eigenvalue weighted by atomic mass is 9.94. The van der Waals surface area contributed by atoms with Crippen LogP contribution in [0.15, 0.2) is 54.7 Å². The Morgan fingerprint density at radius 1 is 1.18 bits per heavy atom. The molecule has 0 fully saturated rings. The molecule has 0 spiro atoms. The first kappa shape index (κ1) is 21.0. The van der Waals surface area contributed by atoms with E-state index in [2.05, 4.69) is 35.2 Å². The summed E-state index contributed by atoms with van der Waals surface area (Å²) in [5.74, 6) is 2.65. The van der Waals surface area contributed by atoms with Crippen LogP contribution in [-0.4, -0.2) is 34.0 Å². The normalized spacial score (nSPS) is 15.3. The second kappa shape index (κ2) is 8.58. The van der Waals surface area contributed by atoms with E-state index in [9.17, 15) is 4.79 Å². The molecule has 4 aromatic rings. The number of aromatic amines is 1. The van der Waals surface area contributed by atoms with E-state index in [0.29, 0.717) is 30.5 Å². The number of imidazole rings is 1. The average Bonchev–Trinajstić information content (AvgIpc) is 3.25. The van der Waals surface area contributed by atoms with Gasteiger partial charge in [-0.1, -0.05) is 19.9 Å². The topological polar surface area (TPSA) is 106 Å². The fourth-order valence-corrected chi connectivity index (χ4v) is 4.14. The summed E-state index contributed by atoms with van der Waals surface area (Å²) < 4.78 is 6.01. The van der Waals surface area contributed by atoms with Gasteiger partial charge in [0.25, 0.3) is 5.91 Å². The van der Waals surface area contributed by atoms with Gasteiger partial charge < -0.3 is 20.8 Å². The zero-order chi connectivity index (χ0) is 22.9. The molecule has 1 atom stereocenters. The average molecular weight is 442 g/mol. The van der Waals surface area contributed by atoms with E-state index < -0.39 is 0 Å². The lowest BCUT2D eigenvalue weighted by molar-refractivity contribution is 0.0948. The zero-order valence-corrected chi connectivity index (χ0v) is 18.8. The van der Waals surface area contributed by atoms with E-state index in [1.54, 1.807) is 6.20 Å². The Balaban J connectivity index is 1.38. The second-order valence-corrected chi connectivity index (χ2v) is 8.96. The molecule has 2 aromatic carbocycles. The zero-order valence-electron chi connectivity index (χ0n) is 18.8. The Kier molecular flexibility index (Phi) is 5.46. The number of carbonyl (C=O) groups is 1. The van der Waals surface area contributed by atoms with Crippen molar-refractivity contribution in [2.45, 2.75) is 26.2 Å². The first-order valence-corrected chi connectivity index (χ1v) is 11.2. The van der Waals surface area contributed by atoms with E-state index in [4.69, 9.17) is 15.5 Å². The molecule has 1 amide bonds. The maximum absolute atomic E-state index is 12.5. The third-order valence-electron chi connectivity index (χ3n) is 5.90.